The van der Waals surface area contributed by atoms with Gasteiger partial charge < -0.3 is 15.4 Å². The van der Waals surface area contributed by atoms with Crippen LogP contribution in [-0.4, -0.2) is 38.8 Å². The molecule has 0 aromatic rings. The van der Waals surface area contributed by atoms with Crippen molar-refractivity contribution in [2.75, 3.05) is 32.8 Å². The van der Waals surface area contributed by atoms with Crippen LogP contribution in [0.1, 0.15) is 32.1 Å². The molecule has 1 heterocycles. The van der Waals surface area contributed by atoms with Gasteiger partial charge in [-0.25, -0.2) is 0 Å². The second-order valence-electron chi connectivity index (χ2n) is 5.27. The van der Waals surface area contributed by atoms with Crippen molar-refractivity contribution in [2.45, 2.75) is 32.1 Å². The van der Waals surface area contributed by atoms with Crippen molar-refractivity contribution in [1.29, 1.82) is 0 Å². The molecule has 0 unspecified atom stereocenters. The third-order valence-corrected chi connectivity index (χ3v) is 3.55. The monoisotopic (exact) mass is 240 g/mol. The Morgan fingerprint density at radius 1 is 1.18 bits per heavy atom. The number of piperidine rings is 1. The number of nitrogens with one attached hydrogen (secondary N) is 2. The van der Waals surface area contributed by atoms with E-state index >= 15 is 0 Å². The first-order chi connectivity index (χ1) is 8.34. The molecular formula is C13H24N2O2. The van der Waals surface area contributed by atoms with Crippen LogP contribution in [0.3, 0.4) is 0 Å². The third kappa shape index (κ3) is 5.50. The van der Waals surface area contributed by atoms with Gasteiger partial charge in [-0.05, 0) is 50.6 Å². The second-order valence-corrected chi connectivity index (χ2v) is 5.27. The third-order valence-electron chi connectivity index (χ3n) is 3.55. The molecule has 0 bridgehead atoms. The summed E-state index contributed by atoms with van der Waals surface area (Å²) >= 11 is 0. The number of hydrogen-bond acceptors (Lipinski definition) is 3. The van der Waals surface area contributed by atoms with Crippen molar-refractivity contribution in [3.05, 3.63) is 0 Å². The highest BCUT2D eigenvalue weighted by Crippen LogP contribution is 2.28. The molecule has 0 radical (unpaired) electrons. The molecular weight excluding hydrogens is 216 g/mol. The lowest BCUT2D eigenvalue weighted by Gasteiger charge is -2.21. The number of rotatable bonds is 7. The average Bonchev–Trinajstić information content (AvgIpc) is 3.14. The molecule has 0 aromatic heterocycles. The Kier molecular flexibility index (Phi) is 5.26. The maximum Gasteiger partial charge on any atom is 0.220 e. The maximum atomic E-state index is 11.6. The molecule has 1 saturated carbocycles. The number of ether oxygens (including phenoxy) is 1. The summed E-state index contributed by atoms with van der Waals surface area (Å²) in [6.45, 7) is 4.32. The summed E-state index contributed by atoms with van der Waals surface area (Å²) in [6.07, 6.45) is 5.59. The van der Waals surface area contributed by atoms with E-state index in [0.29, 0.717) is 25.5 Å². The van der Waals surface area contributed by atoms with Crippen molar-refractivity contribution in [1.82, 2.24) is 10.6 Å². The molecule has 0 spiro atoms. The summed E-state index contributed by atoms with van der Waals surface area (Å²) in [7, 11) is 0. The molecule has 4 nitrogen and oxygen atoms in total. The van der Waals surface area contributed by atoms with Crippen molar-refractivity contribution in [3.8, 4) is 0 Å². The quantitative estimate of drug-likeness (QED) is 0.651. The van der Waals surface area contributed by atoms with E-state index in [-0.39, 0.29) is 5.91 Å². The SMILES string of the molecule is O=C(CC1CCNCC1)NCCOCC1CC1. The molecule has 2 N–H and O–H groups in total. The van der Waals surface area contributed by atoms with E-state index in [1.807, 2.05) is 0 Å². The van der Waals surface area contributed by atoms with Gasteiger partial charge in [0, 0.05) is 19.6 Å². The van der Waals surface area contributed by atoms with Crippen LogP contribution in [0.25, 0.3) is 0 Å². The minimum atomic E-state index is 0.187. The first-order valence-corrected chi connectivity index (χ1v) is 6.90. The van der Waals surface area contributed by atoms with Gasteiger partial charge in [0.1, 0.15) is 0 Å². The Bertz CT molecular complexity index is 236. The second kappa shape index (κ2) is 6.97. The predicted octanol–water partition coefficient (Wildman–Crippen LogP) is 0.919. The Balaban J connectivity index is 1.44. The standard InChI is InChI=1S/C13H24N2O2/c16-13(9-11-3-5-14-6-4-11)15-7-8-17-10-12-1-2-12/h11-12,14H,1-10H2,(H,15,16). The van der Waals surface area contributed by atoms with Crippen LogP contribution in [-0.2, 0) is 9.53 Å². The van der Waals surface area contributed by atoms with Crippen molar-refractivity contribution in [3.63, 3.8) is 0 Å². The molecule has 1 amide bonds. The van der Waals surface area contributed by atoms with E-state index < -0.39 is 0 Å². The fourth-order valence-electron chi connectivity index (χ4n) is 2.22. The highest BCUT2D eigenvalue weighted by Gasteiger charge is 2.21. The molecule has 4 heteroatoms. The highest BCUT2D eigenvalue weighted by molar-refractivity contribution is 5.76. The van der Waals surface area contributed by atoms with Crippen LogP contribution in [0.2, 0.25) is 0 Å². The summed E-state index contributed by atoms with van der Waals surface area (Å²) < 4.78 is 5.47. The van der Waals surface area contributed by atoms with Gasteiger partial charge in [-0.1, -0.05) is 0 Å². The molecule has 0 aromatic carbocycles. The minimum Gasteiger partial charge on any atom is -0.379 e. The van der Waals surface area contributed by atoms with Crippen LogP contribution in [0.15, 0.2) is 0 Å². The normalized spacial score (nSPS) is 21.4. The lowest BCUT2D eigenvalue weighted by molar-refractivity contribution is -0.122. The summed E-state index contributed by atoms with van der Waals surface area (Å²) in [5.74, 6) is 1.57. The van der Waals surface area contributed by atoms with Crippen LogP contribution in [0.5, 0.6) is 0 Å². The smallest absolute Gasteiger partial charge is 0.220 e. The molecule has 2 rings (SSSR count). The minimum absolute atomic E-state index is 0.187. The molecule has 1 saturated heterocycles. The molecule has 1 aliphatic carbocycles. The summed E-state index contributed by atoms with van der Waals surface area (Å²) in [5.41, 5.74) is 0. The Hall–Kier alpha value is -0.610. The summed E-state index contributed by atoms with van der Waals surface area (Å²) in [6, 6.07) is 0. The Morgan fingerprint density at radius 2 is 1.94 bits per heavy atom. The van der Waals surface area contributed by atoms with Crippen LogP contribution < -0.4 is 10.6 Å². The lowest BCUT2D eigenvalue weighted by Crippen LogP contribution is -2.33. The van der Waals surface area contributed by atoms with Crippen LogP contribution >= 0.6 is 0 Å². The molecule has 98 valence electrons. The number of carbonyl (C=O) groups is 1. The highest BCUT2D eigenvalue weighted by atomic mass is 16.5. The maximum absolute atomic E-state index is 11.6. The summed E-state index contributed by atoms with van der Waals surface area (Å²) in [5, 5.41) is 6.25. The number of amides is 1. The molecule has 1 aliphatic heterocycles. The van der Waals surface area contributed by atoms with Crippen molar-refractivity contribution < 1.29 is 9.53 Å². The van der Waals surface area contributed by atoms with Gasteiger partial charge in [-0.2, -0.15) is 0 Å². The van der Waals surface area contributed by atoms with Gasteiger partial charge in [0.15, 0.2) is 0 Å². The Labute approximate surface area is 103 Å². The van der Waals surface area contributed by atoms with E-state index in [2.05, 4.69) is 10.6 Å². The first kappa shape index (κ1) is 12.8. The van der Waals surface area contributed by atoms with Crippen LogP contribution in [0.4, 0.5) is 0 Å². The Morgan fingerprint density at radius 3 is 2.65 bits per heavy atom. The van der Waals surface area contributed by atoms with Crippen molar-refractivity contribution >= 4 is 5.91 Å². The van der Waals surface area contributed by atoms with Gasteiger partial charge in [0.2, 0.25) is 5.91 Å². The van der Waals surface area contributed by atoms with Crippen molar-refractivity contribution in [2.24, 2.45) is 11.8 Å². The molecule has 2 fully saturated rings. The van der Waals surface area contributed by atoms with Gasteiger partial charge >= 0.3 is 0 Å². The van der Waals surface area contributed by atoms with Gasteiger partial charge in [0.25, 0.3) is 0 Å². The van der Waals surface area contributed by atoms with Crippen LogP contribution in [0, 0.1) is 11.8 Å². The summed E-state index contributed by atoms with van der Waals surface area (Å²) in [4.78, 5) is 11.6. The fraction of sp³-hybridized carbons (Fsp3) is 0.923. The van der Waals surface area contributed by atoms with Gasteiger partial charge in [0.05, 0.1) is 6.61 Å². The predicted molar refractivity (Wildman–Crippen MR) is 66.8 cm³/mol. The topological polar surface area (TPSA) is 50.4 Å². The molecule has 0 atom stereocenters. The number of hydrogen-bond donors (Lipinski definition) is 2. The van der Waals surface area contributed by atoms with E-state index in [0.717, 1.165) is 38.5 Å². The van der Waals surface area contributed by atoms with Gasteiger partial charge in [-0.15, -0.1) is 0 Å². The molecule has 2 aliphatic rings. The lowest BCUT2D eigenvalue weighted by atomic mass is 9.94. The first-order valence-electron chi connectivity index (χ1n) is 6.90. The number of carbonyl (C=O) groups excluding carboxylic acids is 1. The van der Waals surface area contributed by atoms with E-state index in [1.54, 1.807) is 0 Å². The zero-order chi connectivity index (χ0) is 11.9. The molecule has 17 heavy (non-hydrogen) atoms. The van der Waals surface area contributed by atoms with Gasteiger partial charge in [-0.3, -0.25) is 4.79 Å². The zero-order valence-corrected chi connectivity index (χ0v) is 10.5. The van der Waals surface area contributed by atoms with E-state index in [9.17, 15) is 4.79 Å². The van der Waals surface area contributed by atoms with E-state index in [1.165, 1.54) is 12.8 Å². The fourth-order valence-corrected chi connectivity index (χ4v) is 2.22. The average molecular weight is 240 g/mol. The largest absolute Gasteiger partial charge is 0.379 e. The zero-order valence-electron chi connectivity index (χ0n) is 10.5. The van der Waals surface area contributed by atoms with E-state index in [4.69, 9.17) is 4.74 Å².